The third kappa shape index (κ3) is 4.86. The number of alkyl carbamates (subject to hydrolysis) is 1. The maximum absolute atomic E-state index is 11.9. The van der Waals surface area contributed by atoms with Gasteiger partial charge in [-0.2, -0.15) is 0 Å². The number of hydrogen-bond acceptors (Lipinski definition) is 4. The molecular weight excluding hydrogens is 316 g/mol. The van der Waals surface area contributed by atoms with Gasteiger partial charge in [-0.05, 0) is 50.1 Å². The molecule has 2 rings (SSSR count). The van der Waals surface area contributed by atoms with E-state index in [4.69, 9.17) is 16.3 Å². The predicted octanol–water partition coefficient (Wildman–Crippen LogP) is 3.26. The first-order chi connectivity index (χ1) is 10.8. The highest BCUT2D eigenvalue weighted by Gasteiger charge is 2.22. The van der Waals surface area contributed by atoms with Gasteiger partial charge in [0, 0.05) is 11.2 Å². The molecule has 1 aliphatic heterocycles. The Morgan fingerprint density at radius 1 is 1.39 bits per heavy atom. The normalized spacial score (nSPS) is 17.5. The molecule has 0 radical (unpaired) electrons. The number of aldehydes is 1. The highest BCUT2D eigenvalue weighted by Crippen LogP contribution is 2.23. The largest absolute Gasteiger partial charge is 0.444 e. The standard InChI is InChI=1S/C17H19ClN2O3/c1-17(2,3)23-16(22)20-14-8-12(9-19-15(14)10-21)11-5-4-6-13(18)7-11/h4-10,15,19H,1-3H3,(H,20,22). The summed E-state index contributed by atoms with van der Waals surface area (Å²) in [5.74, 6) is 0. The number of amides is 1. The zero-order chi connectivity index (χ0) is 17.0. The van der Waals surface area contributed by atoms with Crippen LogP contribution in [0.5, 0.6) is 0 Å². The minimum atomic E-state index is -0.634. The Kier molecular flexibility index (Phi) is 5.11. The van der Waals surface area contributed by atoms with Crippen molar-refractivity contribution in [1.29, 1.82) is 0 Å². The number of carbonyl (C=O) groups is 2. The van der Waals surface area contributed by atoms with Gasteiger partial charge in [-0.3, -0.25) is 5.32 Å². The molecule has 23 heavy (non-hydrogen) atoms. The van der Waals surface area contributed by atoms with E-state index >= 15 is 0 Å². The van der Waals surface area contributed by atoms with Crippen LogP contribution in [0.25, 0.3) is 5.57 Å². The van der Waals surface area contributed by atoms with E-state index in [1.807, 2.05) is 12.1 Å². The van der Waals surface area contributed by atoms with Crippen LogP contribution in [0.2, 0.25) is 5.02 Å². The Morgan fingerprint density at radius 2 is 2.13 bits per heavy atom. The predicted molar refractivity (Wildman–Crippen MR) is 89.9 cm³/mol. The van der Waals surface area contributed by atoms with Crippen molar-refractivity contribution < 1.29 is 14.3 Å². The van der Waals surface area contributed by atoms with Gasteiger partial charge in [0.2, 0.25) is 0 Å². The Balaban J connectivity index is 2.22. The summed E-state index contributed by atoms with van der Waals surface area (Å²) in [5.41, 5.74) is 1.48. The molecule has 2 N–H and O–H groups in total. The molecule has 0 aromatic heterocycles. The Labute approximate surface area is 140 Å². The molecule has 1 heterocycles. The topological polar surface area (TPSA) is 67.4 Å². The molecular formula is C17H19ClN2O3. The first-order valence-electron chi connectivity index (χ1n) is 7.17. The number of carbonyl (C=O) groups excluding carboxylic acids is 2. The molecule has 1 unspecified atom stereocenters. The summed E-state index contributed by atoms with van der Waals surface area (Å²) in [6.45, 7) is 5.32. The number of nitrogens with one attached hydrogen (secondary N) is 2. The Bertz CT molecular complexity index is 675. The molecule has 0 fully saturated rings. The molecule has 1 aromatic carbocycles. The van der Waals surface area contributed by atoms with Gasteiger partial charge >= 0.3 is 6.09 Å². The molecule has 0 saturated carbocycles. The molecule has 1 aliphatic rings. The highest BCUT2D eigenvalue weighted by molar-refractivity contribution is 6.30. The maximum atomic E-state index is 11.9. The van der Waals surface area contributed by atoms with Crippen LogP contribution in [-0.4, -0.2) is 24.0 Å². The lowest BCUT2D eigenvalue weighted by atomic mass is 10.0. The van der Waals surface area contributed by atoms with E-state index in [-0.39, 0.29) is 0 Å². The summed E-state index contributed by atoms with van der Waals surface area (Å²) in [4.78, 5) is 23.1. The van der Waals surface area contributed by atoms with Gasteiger partial charge in [0.05, 0.1) is 5.70 Å². The lowest BCUT2D eigenvalue weighted by Crippen LogP contribution is -2.41. The third-order valence-electron chi connectivity index (χ3n) is 3.00. The molecule has 1 aromatic rings. The third-order valence-corrected chi connectivity index (χ3v) is 3.24. The van der Waals surface area contributed by atoms with Gasteiger partial charge in [0.15, 0.2) is 0 Å². The van der Waals surface area contributed by atoms with E-state index in [9.17, 15) is 9.59 Å². The van der Waals surface area contributed by atoms with Crippen molar-refractivity contribution >= 4 is 29.6 Å². The van der Waals surface area contributed by atoms with Crippen LogP contribution >= 0.6 is 11.6 Å². The van der Waals surface area contributed by atoms with E-state index < -0.39 is 17.7 Å². The van der Waals surface area contributed by atoms with Crippen LogP contribution < -0.4 is 10.6 Å². The minimum Gasteiger partial charge on any atom is -0.444 e. The van der Waals surface area contributed by atoms with Crippen molar-refractivity contribution in [2.24, 2.45) is 0 Å². The number of halogens is 1. The minimum absolute atomic E-state index is 0.423. The fourth-order valence-corrected chi connectivity index (χ4v) is 2.24. The Hall–Kier alpha value is -2.27. The second kappa shape index (κ2) is 6.87. The van der Waals surface area contributed by atoms with Crippen LogP contribution in [-0.2, 0) is 9.53 Å². The van der Waals surface area contributed by atoms with Gasteiger partial charge in [-0.1, -0.05) is 23.7 Å². The molecule has 1 amide bonds. The number of hydrogen-bond donors (Lipinski definition) is 2. The summed E-state index contributed by atoms with van der Waals surface area (Å²) < 4.78 is 5.22. The number of ether oxygens (including phenoxy) is 1. The monoisotopic (exact) mass is 334 g/mol. The maximum Gasteiger partial charge on any atom is 0.411 e. The van der Waals surface area contributed by atoms with Crippen LogP contribution in [0, 0.1) is 0 Å². The molecule has 0 saturated heterocycles. The van der Waals surface area contributed by atoms with E-state index in [0.717, 1.165) is 11.1 Å². The lowest BCUT2D eigenvalue weighted by molar-refractivity contribution is -0.108. The molecule has 0 bridgehead atoms. The van der Waals surface area contributed by atoms with Crippen molar-refractivity contribution in [3.05, 3.63) is 52.8 Å². The molecule has 1 atom stereocenters. The molecule has 0 aliphatic carbocycles. The average Bonchev–Trinajstić information content (AvgIpc) is 2.45. The first-order valence-corrected chi connectivity index (χ1v) is 7.55. The van der Waals surface area contributed by atoms with E-state index in [0.29, 0.717) is 17.0 Å². The van der Waals surface area contributed by atoms with Crippen LogP contribution in [0.4, 0.5) is 4.79 Å². The van der Waals surface area contributed by atoms with Gasteiger partial charge in [0.25, 0.3) is 0 Å². The number of dihydropyridines is 1. The summed E-state index contributed by atoms with van der Waals surface area (Å²) >= 11 is 6.00. The summed E-state index contributed by atoms with van der Waals surface area (Å²) in [7, 11) is 0. The molecule has 6 heteroatoms. The van der Waals surface area contributed by atoms with Crippen LogP contribution in [0.15, 0.2) is 42.2 Å². The van der Waals surface area contributed by atoms with Crippen LogP contribution in [0.3, 0.4) is 0 Å². The first kappa shape index (κ1) is 17.1. The zero-order valence-electron chi connectivity index (χ0n) is 13.2. The van der Waals surface area contributed by atoms with Gasteiger partial charge in [0.1, 0.15) is 17.9 Å². The quantitative estimate of drug-likeness (QED) is 0.833. The zero-order valence-corrected chi connectivity index (χ0v) is 14.0. The SMILES string of the molecule is CC(C)(C)OC(=O)NC1=CC(c2cccc(Cl)c2)=CNC1C=O. The van der Waals surface area contributed by atoms with Crippen molar-refractivity contribution in [3.8, 4) is 0 Å². The molecule has 122 valence electrons. The molecule has 0 spiro atoms. The average molecular weight is 335 g/mol. The second-order valence-electron chi connectivity index (χ2n) is 6.12. The number of allylic oxidation sites excluding steroid dienone is 2. The van der Waals surface area contributed by atoms with Crippen molar-refractivity contribution in [3.63, 3.8) is 0 Å². The fourth-order valence-electron chi connectivity index (χ4n) is 2.05. The number of rotatable bonds is 3. The number of benzene rings is 1. The molecule has 5 nitrogen and oxygen atoms in total. The Morgan fingerprint density at radius 3 is 2.74 bits per heavy atom. The summed E-state index contributed by atoms with van der Waals surface area (Å²) in [5, 5.41) is 6.17. The van der Waals surface area contributed by atoms with Gasteiger partial charge in [-0.25, -0.2) is 4.79 Å². The van der Waals surface area contributed by atoms with E-state index in [1.165, 1.54) is 0 Å². The second-order valence-corrected chi connectivity index (χ2v) is 6.55. The van der Waals surface area contributed by atoms with Crippen molar-refractivity contribution in [1.82, 2.24) is 10.6 Å². The van der Waals surface area contributed by atoms with Crippen molar-refractivity contribution in [2.45, 2.75) is 32.4 Å². The van der Waals surface area contributed by atoms with Gasteiger partial charge in [-0.15, -0.1) is 0 Å². The lowest BCUT2D eigenvalue weighted by Gasteiger charge is -2.24. The fraction of sp³-hybridized carbons (Fsp3) is 0.294. The smallest absolute Gasteiger partial charge is 0.411 e. The van der Waals surface area contributed by atoms with Crippen LogP contribution in [0.1, 0.15) is 26.3 Å². The summed E-state index contributed by atoms with van der Waals surface area (Å²) in [6, 6.07) is 6.67. The van der Waals surface area contributed by atoms with Crippen molar-refractivity contribution in [2.75, 3.05) is 0 Å². The van der Waals surface area contributed by atoms with E-state index in [2.05, 4.69) is 10.6 Å². The van der Waals surface area contributed by atoms with Gasteiger partial charge < -0.3 is 14.8 Å². The van der Waals surface area contributed by atoms with E-state index in [1.54, 1.807) is 45.2 Å². The highest BCUT2D eigenvalue weighted by atomic mass is 35.5. The summed E-state index contributed by atoms with van der Waals surface area (Å²) in [6.07, 6.45) is 3.55.